The Hall–Kier alpha value is -1.88. The molecule has 0 atom stereocenters. The number of aromatic nitrogens is 3. The van der Waals surface area contributed by atoms with Gasteiger partial charge in [-0.25, -0.2) is 9.67 Å². The van der Waals surface area contributed by atoms with Gasteiger partial charge in [0.1, 0.15) is 17.9 Å². The molecule has 5 nitrogen and oxygen atoms in total. The van der Waals surface area contributed by atoms with Crippen LogP contribution in [-0.2, 0) is 19.4 Å². The maximum Gasteiger partial charge on any atom is 0.138 e. The van der Waals surface area contributed by atoms with Gasteiger partial charge in [-0.3, -0.25) is 0 Å². The molecule has 0 aliphatic carbocycles. The van der Waals surface area contributed by atoms with Crippen LogP contribution in [-0.4, -0.2) is 33.6 Å². The summed E-state index contributed by atoms with van der Waals surface area (Å²) in [4.78, 5) is 4.22. The van der Waals surface area contributed by atoms with Crippen molar-refractivity contribution in [1.29, 1.82) is 0 Å². The zero-order chi connectivity index (χ0) is 13.7. The first kappa shape index (κ1) is 13.5. The number of hydrogen-bond donors (Lipinski definition) is 1. The highest BCUT2D eigenvalue weighted by Gasteiger charge is 2.06. The van der Waals surface area contributed by atoms with Gasteiger partial charge in [-0.1, -0.05) is 12.1 Å². The van der Waals surface area contributed by atoms with E-state index >= 15 is 0 Å². The molecule has 2 aromatic rings. The lowest BCUT2D eigenvalue weighted by Crippen LogP contribution is -2.09. The molecule has 0 aliphatic heterocycles. The van der Waals surface area contributed by atoms with E-state index in [2.05, 4.69) is 28.3 Å². The van der Waals surface area contributed by atoms with Crippen LogP contribution in [0, 0.1) is 6.92 Å². The summed E-state index contributed by atoms with van der Waals surface area (Å²) < 4.78 is 7.06. The van der Waals surface area contributed by atoms with Crippen molar-refractivity contribution >= 4 is 0 Å². The Labute approximate surface area is 112 Å². The largest absolute Gasteiger partial charge is 0.496 e. The minimum atomic E-state index is 0.0781. The van der Waals surface area contributed by atoms with Crippen molar-refractivity contribution in [3.63, 3.8) is 0 Å². The molecule has 0 saturated carbocycles. The van der Waals surface area contributed by atoms with E-state index in [0.717, 1.165) is 30.0 Å². The molecule has 0 amide bonds. The van der Waals surface area contributed by atoms with E-state index in [9.17, 15) is 0 Å². The average Bonchev–Trinajstić information content (AvgIpc) is 2.86. The summed E-state index contributed by atoms with van der Waals surface area (Å²) >= 11 is 0. The van der Waals surface area contributed by atoms with Gasteiger partial charge in [-0.2, -0.15) is 5.10 Å². The van der Waals surface area contributed by atoms with E-state index in [1.807, 2.05) is 6.92 Å². The second kappa shape index (κ2) is 6.33. The van der Waals surface area contributed by atoms with Crippen LogP contribution in [0.4, 0.5) is 0 Å². The molecule has 1 aromatic heterocycles. The van der Waals surface area contributed by atoms with Crippen molar-refractivity contribution in [3.8, 4) is 5.75 Å². The van der Waals surface area contributed by atoms with Gasteiger partial charge in [0.05, 0.1) is 20.3 Å². The molecule has 1 aromatic carbocycles. The molecule has 0 fully saturated rings. The normalized spacial score (nSPS) is 10.7. The second-order valence-corrected chi connectivity index (χ2v) is 4.43. The van der Waals surface area contributed by atoms with Crippen molar-refractivity contribution in [1.82, 2.24) is 14.8 Å². The minimum absolute atomic E-state index is 0.0781. The lowest BCUT2D eigenvalue weighted by atomic mass is 10.1. The molecule has 0 radical (unpaired) electrons. The van der Waals surface area contributed by atoms with Crippen molar-refractivity contribution in [2.45, 2.75) is 26.3 Å². The molecule has 102 valence electrons. The Morgan fingerprint density at radius 1 is 1.32 bits per heavy atom. The van der Waals surface area contributed by atoms with E-state index < -0.39 is 0 Å². The number of ether oxygens (including phenoxy) is 1. The van der Waals surface area contributed by atoms with E-state index in [0.29, 0.717) is 6.54 Å². The topological polar surface area (TPSA) is 60.2 Å². The lowest BCUT2D eigenvalue weighted by molar-refractivity contribution is 0.267. The maximum absolute atomic E-state index is 8.94. The molecule has 0 unspecified atom stereocenters. The summed E-state index contributed by atoms with van der Waals surface area (Å²) in [5.74, 6) is 1.81. The first-order valence-electron chi connectivity index (χ1n) is 6.35. The first-order valence-corrected chi connectivity index (χ1v) is 6.35. The summed E-state index contributed by atoms with van der Waals surface area (Å²) in [6.45, 7) is 2.60. The highest BCUT2D eigenvalue weighted by atomic mass is 16.5. The standard InChI is InChI=1S/C14H19N3O2/c1-11-3-4-12(9-13(11)19-2)5-6-14-15-10-16-17(14)7-8-18/h3-4,9-10,18H,5-8H2,1-2H3. The summed E-state index contributed by atoms with van der Waals surface area (Å²) in [7, 11) is 1.68. The number of nitrogens with zero attached hydrogens (tertiary/aromatic N) is 3. The molecule has 0 bridgehead atoms. The predicted molar refractivity (Wildman–Crippen MR) is 72.2 cm³/mol. The molecule has 19 heavy (non-hydrogen) atoms. The first-order chi connectivity index (χ1) is 9.24. The van der Waals surface area contributed by atoms with Gasteiger partial charge >= 0.3 is 0 Å². The Morgan fingerprint density at radius 2 is 2.16 bits per heavy atom. The van der Waals surface area contributed by atoms with Crippen molar-refractivity contribution in [2.24, 2.45) is 0 Å². The number of benzene rings is 1. The van der Waals surface area contributed by atoms with Crippen LogP contribution in [0.25, 0.3) is 0 Å². The number of methoxy groups -OCH3 is 1. The number of hydrogen-bond acceptors (Lipinski definition) is 4. The highest BCUT2D eigenvalue weighted by molar-refractivity contribution is 5.36. The average molecular weight is 261 g/mol. The third-order valence-electron chi connectivity index (χ3n) is 3.12. The van der Waals surface area contributed by atoms with Gasteiger partial charge < -0.3 is 9.84 Å². The van der Waals surface area contributed by atoms with Crippen LogP contribution in [0.15, 0.2) is 24.5 Å². The fourth-order valence-electron chi connectivity index (χ4n) is 2.04. The van der Waals surface area contributed by atoms with Crippen LogP contribution in [0.1, 0.15) is 17.0 Å². The van der Waals surface area contributed by atoms with Gasteiger partial charge in [-0.05, 0) is 30.5 Å². The highest BCUT2D eigenvalue weighted by Crippen LogP contribution is 2.19. The predicted octanol–water partition coefficient (Wildman–Crippen LogP) is 1.37. The molecule has 0 saturated heterocycles. The molecular weight excluding hydrogens is 242 g/mol. The van der Waals surface area contributed by atoms with Gasteiger partial charge in [0.2, 0.25) is 0 Å². The molecule has 1 N–H and O–H groups in total. The summed E-state index contributed by atoms with van der Waals surface area (Å²) in [6, 6.07) is 6.22. The Balaban J connectivity index is 2.04. The van der Waals surface area contributed by atoms with Crippen LogP contribution >= 0.6 is 0 Å². The third-order valence-corrected chi connectivity index (χ3v) is 3.12. The molecule has 5 heteroatoms. The van der Waals surface area contributed by atoms with Gasteiger partial charge in [0, 0.05) is 6.42 Å². The van der Waals surface area contributed by atoms with Gasteiger partial charge in [0.15, 0.2) is 0 Å². The summed E-state index contributed by atoms with van der Waals surface area (Å²) in [5, 5.41) is 13.0. The minimum Gasteiger partial charge on any atom is -0.496 e. The number of aliphatic hydroxyl groups is 1. The van der Waals surface area contributed by atoms with E-state index in [-0.39, 0.29) is 6.61 Å². The second-order valence-electron chi connectivity index (χ2n) is 4.43. The lowest BCUT2D eigenvalue weighted by Gasteiger charge is -2.08. The van der Waals surface area contributed by atoms with E-state index in [4.69, 9.17) is 9.84 Å². The zero-order valence-corrected chi connectivity index (χ0v) is 11.3. The summed E-state index contributed by atoms with van der Waals surface area (Å²) in [6.07, 6.45) is 3.20. The van der Waals surface area contributed by atoms with Crippen LogP contribution in [0.3, 0.4) is 0 Å². The van der Waals surface area contributed by atoms with Crippen molar-refractivity contribution in [3.05, 3.63) is 41.5 Å². The zero-order valence-electron chi connectivity index (χ0n) is 11.3. The van der Waals surface area contributed by atoms with Crippen LogP contribution < -0.4 is 4.74 Å². The fraction of sp³-hybridized carbons (Fsp3) is 0.429. The Kier molecular flexibility index (Phi) is 4.52. The smallest absolute Gasteiger partial charge is 0.138 e. The molecule has 0 spiro atoms. The third kappa shape index (κ3) is 3.32. The summed E-state index contributed by atoms with van der Waals surface area (Å²) in [5.41, 5.74) is 2.34. The van der Waals surface area contributed by atoms with E-state index in [1.165, 1.54) is 11.9 Å². The maximum atomic E-state index is 8.94. The van der Waals surface area contributed by atoms with Crippen molar-refractivity contribution in [2.75, 3.05) is 13.7 Å². The Morgan fingerprint density at radius 3 is 2.89 bits per heavy atom. The van der Waals surface area contributed by atoms with Crippen molar-refractivity contribution < 1.29 is 9.84 Å². The SMILES string of the molecule is COc1cc(CCc2ncnn2CCO)ccc1C. The molecule has 2 rings (SSSR count). The van der Waals surface area contributed by atoms with Crippen LogP contribution in [0.5, 0.6) is 5.75 Å². The number of rotatable bonds is 6. The number of aryl methyl sites for hydroxylation is 3. The van der Waals surface area contributed by atoms with Gasteiger partial charge in [-0.15, -0.1) is 0 Å². The van der Waals surface area contributed by atoms with Crippen LogP contribution in [0.2, 0.25) is 0 Å². The molecule has 1 heterocycles. The fourth-order valence-corrected chi connectivity index (χ4v) is 2.04. The quantitative estimate of drug-likeness (QED) is 0.853. The molecular formula is C14H19N3O2. The monoisotopic (exact) mass is 261 g/mol. The van der Waals surface area contributed by atoms with Gasteiger partial charge in [0.25, 0.3) is 0 Å². The Bertz CT molecular complexity index is 537. The number of aliphatic hydroxyl groups excluding tert-OH is 1. The van der Waals surface area contributed by atoms with E-state index in [1.54, 1.807) is 11.8 Å². The molecule has 0 aliphatic rings.